The molecule has 0 amide bonds. The zero-order valence-electron chi connectivity index (χ0n) is 17.9. The van der Waals surface area contributed by atoms with E-state index in [0.29, 0.717) is 0 Å². The van der Waals surface area contributed by atoms with Crippen LogP contribution in [0.4, 0.5) is 0 Å². The van der Waals surface area contributed by atoms with Crippen molar-refractivity contribution in [3.63, 3.8) is 0 Å². The molecule has 1 aromatic carbocycles. The van der Waals surface area contributed by atoms with Gasteiger partial charge in [-0.25, -0.2) is 0 Å². The summed E-state index contributed by atoms with van der Waals surface area (Å²) in [5.74, 6) is 1.75. The van der Waals surface area contributed by atoms with Gasteiger partial charge in [0.1, 0.15) is 0 Å². The quantitative estimate of drug-likeness (QED) is 0.404. The van der Waals surface area contributed by atoms with E-state index in [2.05, 4.69) is 67.4 Å². The third-order valence-corrected chi connectivity index (χ3v) is 6.31. The maximum atomic E-state index is 4.60. The van der Waals surface area contributed by atoms with E-state index in [1.165, 1.54) is 74.5 Å². The van der Waals surface area contributed by atoms with Crippen molar-refractivity contribution in [1.82, 2.24) is 4.98 Å². The van der Waals surface area contributed by atoms with E-state index >= 15 is 0 Å². The minimum atomic E-state index is 0.771. The van der Waals surface area contributed by atoms with Crippen LogP contribution in [0.1, 0.15) is 99.9 Å². The molecule has 0 atom stereocenters. The van der Waals surface area contributed by atoms with Gasteiger partial charge in [0.2, 0.25) is 0 Å². The van der Waals surface area contributed by atoms with Crippen molar-refractivity contribution in [2.45, 2.75) is 84.0 Å². The Kier molecular flexibility index (Phi) is 8.33. The van der Waals surface area contributed by atoms with E-state index in [1.807, 2.05) is 6.20 Å². The number of benzene rings is 1. The first-order valence-corrected chi connectivity index (χ1v) is 11.5. The van der Waals surface area contributed by atoms with E-state index in [4.69, 9.17) is 0 Å². The Bertz CT molecular complexity index is 703. The van der Waals surface area contributed by atoms with Crippen LogP contribution in [-0.2, 0) is 6.42 Å². The van der Waals surface area contributed by atoms with Crippen LogP contribution in [0.15, 0.2) is 42.6 Å². The molecule has 1 nitrogen and oxygen atoms in total. The molecule has 1 aliphatic rings. The Balaban J connectivity index is 1.51. The highest BCUT2D eigenvalue weighted by Gasteiger charge is 2.21. The molecule has 28 heavy (non-hydrogen) atoms. The Morgan fingerprint density at radius 3 is 2.29 bits per heavy atom. The summed E-state index contributed by atoms with van der Waals surface area (Å²) in [4.78, 5) is 4.60. The highest BCUT2D eigenvalue weighted by Crippen LogP contribution is 2.37. The smallest absolute Gasteiger partial charge is 0.0630 e. The lowest BCUT2D eigenvalue weighted by Crippen LogP contribution is -2.13. The predicted molar refractivity (Wildman–Crippen MR) is 122 cm³/mol. The molecule has 0 N–H and O–H groups in total. The van der Waals surface area contributed by atoms with Crippen LogP contribution in [0.25, 0.3) is 12.2 Å². The minimum Gasteiger partial charge on any atom is -0.257 e. The fourth-order valence-corrected chi connectivity index (χ4v) is 4.52. The van der Waals surface area contributed by atoms with Gasteiger partial charge in [-0.2, -0.15) is 0 Å². The molecule has 0 bridgehead atoms. The average molecular weight is 376 g/mol. The van der Waals surface area contributed by atoms with Crippen molar-refractivity contribution < 1.29 is 0 Å². The highest BCUT2D eigenvalue weighted by molar-refractivity contribution is 5.68. The summed E-state index contributed by atoms with van der Waals surface area (Å²) in [7, 11) is 0. The Morgan fingerprint density at radius 2 is 1.64 bits per heavy atom. The summed E-state index contributed by atoms with van der Waals surface area (Å²) in [5, 5.41) is 0. The van der Waals surface area contributed by atoms with E-state index in [-0.39, 0.29) is 0 Å². The summed E-state index contributed by atoms with van der Waals surface area (Å²) in [6.45, 7) is 4.56. The second kappa shape index (κ2) is 11.2. The summed E-state index contributed by atoms with van der Waals surface area (Å²) < 4.78 is 0. The van der Waals surface area contributed by atoms with Gasteiger partial charge in [0.25, 0.3) is 0 Å². The SMILES string of the molecule is CCCCCc1ccc(C=Cc2ccc(C3CCC(CCC)CC3)cc2)nc1. The molecule has 3 rings (SSSR count). The van der Waals surface area contributed by atoms with Gasteiger partial charge in [-0.1, -0.05) is 75.9 Å². The molecule has 1 aromatic heterocycles. The lowest BCUT2D eigenvalue weighted by atomic mass is 9.77. The molecule has 1 saturated carbocycles. The van der Waals surface area contributed by atoms with E-state index in [9.17, 15) is 0 Å². The van der Waals surface area contributed by atoms with Gasteiger partial charge in [0, 0.05) is 6.20 Å². The number of aromatic nitrogens is 1. The third-order valence-electron chi connectivity index (χ3n) is 6.31. The molecule has 150 valence electrons. The molecule has 0 aliphatic heterocycles. The monoisotopic (exact) mass is 375 g/mol. The minimum absolute atomic E-state index is 0.771. The molecule has 1 heterocycles. The summed E-state index contributed by atoms with van der Waals surface area (Å²) >= 11 is 0. The molecule has 0 spiro atoms. The largest absolute Gasteiger partial charge is 0.257 e. The fraction of sp³-hybridized carbons (Fsp3) is 0.519. The standard InChI is InChI=1S/C27H37N/c1-3-5-6-8-24-14-20-27(28-21-24)19-13-23-11-17-26(18-12-23)25-15-9-22(7-4-2)10-16-25/h11-14,17-22,25H,3-10,15-16H2,1-2H3. The molecule has 0 unspecified atom stereocenters. The fourth-order valence-electron chi connectivity index (χ4n) is 4.52. The first-order chi connectivity index (χ1) is 13.8. The van der Waals surface area contributed by atoms with Crippen LogP contribution in [0.2, 0.25) is 0 Å². The number of unbranched alkanes of at least 4 members (excludes halogenated alkanes) is 2. The van der Waals surface area contributed by atoms with Crippen molar-refractivity contribution in [2.75, 3.05) is 0 Å². The summed E-state index contributed by atoms with van der Waals surface area (Å²) in [6.07, 6.45) is 19.7. The van der Waals surface area contributed by atoms with Crippen LogP contribution < -0.4 is 0 Å². The normalized spacial score (nSPS) is 19.9. The van der Waals surface area contributed by atoms with E-state index in [1.54, 1.807) is 0 Å². The lowest BCUT2D eigenvalue weighted by molar-refractivity contribution is 0.308. The topological polar surface area (TPSA) is 12.9 Å². The van der Waals surface area contributed by atoms with Crippen LogP contribution in [-0.4, -0.2) is 4.98 Å². The maximum absolute atomic E-state index is 4.60. The van der Waals surface area contributed by atoms with Crippen LogP contribution in [0, 0.1) is 5.92 Å². The van der Waals surface area contributed by atoms with Gasteiger partial charge in [-0.15, -0.1) is 0 Å². The molecule has 1 fully saturated rings. The van der Waals surface area contributed by atoms with E-state index < -0.39 is 0 Å². The summed E-state index contributed by atoms with van der Waals surface area (Å²) in [6, 6.07) is 13.6. The number of aryl methyl sites for hydroxylation is 1. The first kappa shape index (κ1) is 20.8. The number of hydrogen-bond acceptors (Lipinski definition) is 1. The molecular weight excluding hydrogens is 338 g/mol. The first-order valence-electron chi connectivity index (χ1n) is 11.5. The zero-order valence-corrected chi connectivity index (χ0v) is 17.9. The lowest BCUT2D eigenvalue weighted by Gasteiger charge is -2.28. The summed E-state index contributed by atoms with van der Waals surface area (Å²) in [5.41, 5.74) is 5.18. The molecule has 1 heteroatoms. The van der Waals surface area contributed by atoms with Gasteiger partial charge >= 0.3 is 0 Å². The van der Waals surface area contributed by atoms with Crippen molar-refractivity contribution >= 4 is 12.2 Å². The average Bonchev–Trinajstić information content (AvgIpc) is 2.75. The Labute approximate surface area is 172 Å². The van der Waals surface area contributed by atoms with Crippen LogP contribution in [0.5, 0.6) is 0 Å². The molecule has 0 radical (unpaired) electrons. The molecule has 2 aromatic rings. The third kappa shape index (κ3) is 6.33. The molecular formula is C27H37N. The predicted octanol–water partition coefficient (Wildman–Crippen LogP) is 8.06. The number of nitrogens with zero attached hydrogens (tertiary/aromatic N) is 1. The second-order valence-corrected chi connectivity index (χ2v) is 8.55. The van der Waals surface area contributed by atoms with Crippen LogP contribution in [0.3, 0.4) is 0 Å². The van der Waals surface area contributed by atoms with Gasteiger partial charge in [-0.05, 0) is 79.2 Å². The van der Waals surface area contributed by atoms with Gasteiger partial charge in [-0.3, -0.25) is 4.98 Å². The van der Waals surface area contributed by atoms with Crippen molar-refractivity contribution in [3.05, 3.63) is 65.0 Å². The van der Waals surface area contributed by atoms with Crippen molar-refractivity contribution in [3.8, 4) is 0 Å². The van der Waals surface area contributed by atoms with Crippen molar-refractivity contribution in [1.29, 1.82) is 0 Å². The van der Waals surface area contributed by atoms with Crippen molar-refractivity contribution in [2.24, 2.45) is 5.92 Å². The molecule has 1 aliphatic carbocycles. The number of rotatable bonds is 9. The zero-order chi connectivity index (χ0) is 19.6. The highest BCUT2D eigenvalue weighted by atomic mass is 14.7. The number of hydrogen-bond donors (Lipinski definition) is 0. The van der Waals surface area contributed by atoms with Gasteiger partial charge in [0.05, 0.1) is 5.69 Å². The van der Waals surface area contributed by atoms with Crippen LogP contribution >= 0.6 is 0 Å². The Morgan fingerprint density at radius 1 is 0.857 bits per heavy atom. The molecule has 0 saturated heterocycles. The Hall–Kier alpha value is -1.89. The van der Waals surface area contributed by atoms with E-state index in [0.717, 1.165) is 24.0 Å². The maximum Gasteiger partial charge on any atom is 0.0630 e. The second-order valence-electron chi connectivity index (χ2n) is 8.55. The van der Waals surface area contributed by atoms with Gasteiger partial charge < -0.3 is 0 Å². The van der Waals surface area contributed by atoms with Gasteiger partial charge in [0.15, 0.2) is 0 Å². The number of pyridine rings is 1.